The molecule has 2 heteroatoms. The number of hydrogen-bond acceptors (Lipinski definition) is 2. The first-order valence-corrected chi connectivity index (χ1v) is 7.86. The molecule has 0 fully saturated rings. The summed E-state index contributed by atoms with van der Waals surface area (Å²) in [6.45, 7) is 7.14. The lowest BCUT2D eigenvalue weighted by Gasteiger charge is -2.10. The fraction of sp³-hybridized carbons (Fsp3) is 0.938. The Labute approximate surface area is 113 Å². The van der Waals surface area contributed by atoms with Crippen LogP contribution in [0.4, 0.5) is 0 Å². The highest BCUT2D eigenvalue weighted by Gasteiger charge is 2.06. The highest BCUT2D eigenvalue weighted by atomic mass is 16.5. The lowest BCUT2D eigenvalue weighted by molar-refractivity contribution is -0.145. The number of rotatable bonds is 12. The summed E-state index contributed by atoms with van der Waals surface area (Å²) in [5.41, 5.74) is 0. The largest absolute Gasteiger partial charge is 0.465 e. The predicted molar refractivity (Wildman–Crippen MR) is 77.6 cm³/mol. The van der Waals surface area contributed by atoms with Gasteiger partial charge in [-0.05, 0) is 18.8 Å². The molecule has 0 saturated carbocycles. The topological polar surface area (TPSA) is 26.3 Å². The standard InChI is InChI=1S/C16H32O2/c1-4-6-7-8-9-10-11-13-16(17)18-14-15(3)12-5-2/h15H,4-14H2,1-3H3. The maximum absolute atomic E-state index is 11.5. The molecule has 0 aromatic heterocycles. The molecule has 0 aromatic carbocycles. The molecule has 0 amide bonds. The Bertz CT molecular complexity index is 190. The maximum Gasteiger partial charge on any atom is 0.305 e. The minimum absolute atomic E-state index is 0.00786. The molecule has 1 unspecified atom stereocenters. The number of carbonyl (C=O) groups is 1. The van der Waals surface area contributed by atoms with E-state index < -0.39 is 0 Å². The Morgan fingerprint density at radius 1 is 0.944 bits per heavy atom. The van der Waals surface area contributed by atoms with Gasteiger partial charge in [-0.25, -0.2) is 0 Å². The van der Waals surface area contributed by atoms with Gasteiger partial charge in [0, 0.05) is 6.42 Å². The van der Waals surface area contributed by atoms with Crippen LogP contribution in [-0.4, -0.2) is 12.6 Å². The van der Waals surface area contributed by atoms with Gasteiger partial charge in [0.15, 0.2) is 0 Å². The zero-order valence-electron chi connectivity index (χ0n) is 12.7. The monoisotopic (exact) mass is 256 g/mol. The summed E-state index contributed by atoms with van der Waals surface area (Å²) in [4.78, 5) is 11.5. The van der Waals surface area contributed by atoms with Crippen molar-refractivity contribution in [1.82, 2.24) is 0 Å². The van der Waals surface area contributed by atoms with Crippen LogP contribution < -0.4 is 0 Å². The maximum atomic E-state index is 11.5. The van der Waals surface area contributed by atoms with Crippen molar-refractivity contribution < 1.29 is 9.53 Å². The van der Waals surface area contributed by atoms with Crippen LogP contribution in [-0.2, 0) is 9.53 Å². The number of ether oxygens (including phenoxy) is 1. The van der Waals surface area contributed by atoms with Crippen molar-refractivity contribution >= 4 is 5.97 Å². The quantitative estimate of drug-likeness (QED) is 0.358. The second-order valence-corrected chi connectivity index (χ2v) is 5.45. The van der Waals surface area contributed by atoms with Crippen LogP contribution in [0, 0.1) is 5.92 Å². The van der Waals surface area contributed by atoms with Crippen LogP contribution in [0.25, 0.3) is 0 Å². The van der Waals surface area contributed by atoms with Crippen molar-refractivity contribution in [3.8, 4) is 0 Å². The molecular weight excluding hydrogens is 224 g/mol. The van der Waals surface area contributed by atoms with Crippen LogP contribution in [0.15, 0.2) is 0 Å². The van der Waals surface area contributed by atoms with Gasteiger partial charge in [0.1, 0.15) is 0 Å². The van der Waals surface area contributed by atoms with E-state index in [9.17, 15) is 4.79 Å². The van der Waals surface area contributed by atoms with Gasteiger partial charge >= 0.3 is 5.97 Å². The third-order valence-electron chi connectivity index (χ3n) is 3.29. The zero-order valence-corrected chi connectivity index (χ0v) is 12.7. The third kappa shape index (κ3) is 11.9. The molecule has 1 atom stereocenters. The van der Waals surface area contributed by atoms with E-state index >= 15 is 0 Å². The molecule has 18 heavy (non-hydrogen) atoms. The van der Waals surface area contributed by atoms with Crippen LogP contribution in [0.5, 0.6) is 0 Å². The Kier molecular flexibility index (Phi) is 12.5. The van der Waals surface area contributed by atoms with E-state index in [-0.39, 0.29) is 5.97 Å². The van der Waals surface area contributed by atoms with Gasteiger partial charge in [0.05, 0.1) is 6.61 Å². The van der Waals surface area contributed by atoms with Crippen LogP contribution in [0.1, 0.15) is 85.0 Å². The average Bonchev–Trinajstić information content (AvgIpc) is 2.35. The molecule has 0 radical (unpaired) electrons. The van der Waals surface area contributed by atoms with Gasteiger partial charge in [-0.3, -0.25) is 4.79 Å². The summed E-state index contributed by atoms with van der Waals surface area (Å²) < 4.78 is 5.26. The second kappa shape index (κ2) is 12.9. The molecule has 0 heterocycles. The molecule has 0 aliphatic carbocycles. The van der Waals surface area contributed by atoms with Gasteiger partial charge in [-0.2, -0.15) is 0 Å². The molecule has 0 spiro atoms. The fourth-order valence-electron chi connectivity index (χ4n) is 2.11. The van der Waals surface area contributed by atoms with Crippen LogP contribution in [0.2, 0.25) is 0 Å². The highest BCUT2D eigenvalue weighted by molar-refractivity contribution is 5.69. The van der Waals surface area contributed by atoms with Crippen molar-refractivity contribution in [3.05, 3.63) is 0 Å². The number of carbonyl (C=O) groups excluding carboxylic acids is 1. The Hall–Kier alpha value is -0.530. The molecule has 0 rings (SSSR count). The molecule has 0 aliphatic heterocycles. The second-order valence-electron chi connectivity index (χ2n) is 5.45. The Morgan fingerprint density at radius 3 is 2.17 bits per heavy atom. The van der Waals surface area contributed by atoms with E-state index in [0.29, 0.717) is 18.9 Å². The Morgan fingerprint density at radius 2 is 1.56 bits per heavy atom. The van der Waals surface area contributed by atoms with Crippen molar-refractivity contribution in [1.29, 1.82) is 0 Å². The van der Waals surface area contributed by atoms with Crippen molar-refractivity contribution in [2.24, 2.45) is 5.92 Å². The lowest BCUT2D eigenvalue weighted by atomic mass is 10.1. The normalized spacial score (nSPS) is 12.4. The first kappa shape index (κ1) is 17.5. The molecule has 2 nitrogen and oxygen atoms in total. The van der Waals surface area contributed by atoms with E-state index in [1.165, 1.54) is 38.5 Å². The van der Waals surface area contributed by atoms with E-state index in [2.05, 4.69) is 20.8 Å². The molecule has 0 aliphatic rings. The molecule has 0 aromatic rings. The molecular formula is C16H32O2. The van der Waals surface area contributed by atoms with E-state index in [1.54, 1.807) is 0 Å². The first-order valence-electron chi connectivity index (χ1n) is 7.86. The minimum Gasteiger partial charge on any atom is -0.465 e. The average molecular weight is 256 g/mol. The predicted octanol–water partition coefficient (Wildman–Crippen LogP) is 5.11. The van der Waals surface area contributed by atoms with Crippen LogP contribution >= 0.6 is 0 Å². The van der Waals surface area contributed by atoms with Gasteiger partial charge in [-0.15, -0.1) is 0 Å². The summed E-state index contributed by atoms with van der Waals surface area (Å²) in [7, 11) is 0. The van der Waals surface area contributed by atoms with E-state index in [4.69, 9.17) is 4.74 Å². The number of hydrogen-bond donors (Lipinski definition) is 0. The zero-order chi connectivity index (χ0) is 13.6. The lowest BCUT2D eigenvalue weighted by Crippen LogP contribution is -2.11. The van der Waals surface area contributed by atoms with Gasteiger partial charge in [0.25, 0.3) is 0 Å². The van der Waals surface area contributed by atoms with Gasteiger partial charge in [-0.1, -0.05) is 65.7 Å². The summed E-state index contributed by atoms with van der Waals surface area (Å²) in [6, 6.07) is 0. The summed E-state index contributed by atoms with van der Waals surface area (Å²) in [5, 5.41) is 0. The summed E-state index contributed by atoms with van der Waals surface area (Å²) in [6.07, 6.45) is 11.6. The smallest absolute Gasteiger partial charge is 0.305 e. The molecule has 0 saturated heterocycles. The SMILES string of the molecule is CCCCCCCCCC(=O)OCC(C)CCC. The summed E-state index contributed by atoms with van der Waals surface area (Å²) in [5.74, 6) is 0.500. The Balaban J connectivity index is 3.26. The highest BCUT2D eigenvalue weighted by Crippen LogP contribution is 2.10. The number of esters is 1. The molecule has 0 bridgehead atoms. The molecule has 0 N–H and O–H groups in total. The van der Waals surface area contributed by atoms with Gasteiger partial charge < -0.3 is 4.74 Å². The number of unbranched alkanes of at least 4 members (excludes halogenated alkanes) is 6. The fourth-order valence-corrected chi connectivity index (χ4v) is 2.11. The van der Waals surface area contributed by atoms with Crippen molar-refractivity contribution in [2.75, 3.05) is 6.61 Å². The van der Waals surface area contributed by atoms with Crippen LogP contribution in [0.3, 0.4) is 0 Å². The van der Waals surface area contributed by atoms with E-state index in [1.807, 2.05) is 0 Å². The molecule has 108 valence electrons. The third-order valence-corrected chi connectivity index (χ3v) is 3.29. The minimum atomic E-state index is -0.00786. The van der Waals surface area contributed by atoms with E-state index in [0.717, 1.165) is 19.3 Å². The van der Waals surface area contributed by atoms with Gasteiger partial charge in [0.2, 0.25) is 0 Å². The summed E-state index contributed by atoms with van der Waals surface area (Å²) >= 11 is 0. The first-order chi connectivity index (χ1) is 8.70. The van der Waals surface area contributed by atoms with Crippen molar-refractivity contribution in [2.45, 2.75) is 85.0 Å². The van der Waals surface area contributed by atoms with Crippen molar-refractivity contribution in [3.63, 3.8) is 0 Å².